The van der Waals surface area contributed by atoms with Crippen LogP contribution < -0.4 is 0 Å². The lowest BCUT2D eigenvalue weighted by atomic mass is 10.2. The quantitative estimate of drug-likeness (QED) is 0.105. The first-order valence-electron chi connectivity index (χ1n) is 11.4. The van der Waals surface area contributed by atoms with E-state index >= 15 is 0 Å². The number of non-ortho nitro benzene ring substituents is 1. The summed E-state index contributed by atoms with van der Waals surface area (Å²) in [7, 11) is -2.04. The number of nitrogens with zero attached hydrogens (tertiary/aromatic N) is 5. The van der Waals surface area contributed by atoms with Crippen molar-refractivity contribution in [2.45, 2.75) is 70.2 Å². The fraction of sp³-hybridized carbons (Fsp3) is 0.682. The van der Waals surface area contributed by atoms with Crippen molar-refractivity contribution in [1.82, 2.24) is 4.90 Å². The topological polar surface area (TPSA) is 151 Å². The zero-order valence-electron chi connectivity index (χ0n) is 20.9. The zero-order valence-corrected chi connectivity index (χ0v) is 22.7. The minimum Gasteiger partial charge on any atom is -0.445 e. The third kappa shape index (κ3) is 8.69. The number of benzene rings is 1. The van der Waals surface area contributed by atoms with Crippen LogP contribution in [0.25, 0.3) is 10.4 Å². The van der Waals surface area contributed by atoms with Crippen LogP contribution in [0.2, 0.25) is 18.1 Å². The van der Waals surface area contributed by atoms with Gasteiger partial charge in [-0.3, -0.25) is 10.1 Å². The third-order valence-electron chi connectivity index (χ3n) is 6.36. The molecule has 0 aromatic heterocycles. The molecular formula is C22H35N5O6SSi. The van der Waals surface area contributed by atoms with Gasteiger partial charge in [-0.1, -0.05) is 25.9 Å². The summed E-state index contributed by atoms with van der Waals surface area (Å²) < 4.78 is 12.1. The molecule has 1 saturated heterocycles. The minimum absolute atomic E-state index is 0.00578. The number of nitro groups is 1. The Kier molecular flexibility index (Phi) is 10.4. The molecule has 3 atom stereocenters. The SMILES string of the molecule is CC(C)(C)[Si](C)(C)OC1CC(CSCC(O)CN=[N+]=[N-])N(C(=O)OCc2ccc([N+](=O)[O-])cc2)C1. The van der Waals surface area contributed by atoms with Crippen molar-refractivity contribution < 1.29 is 24.0 Å². The molecule has 1 aromatic carbocycles. The molecule has 0 radical (unpaired) electrons. The van der Waals surface area contributed by atoms with Crippen LogP contribution >= 0.6 is 11.8 Å². The Morgan fingerprint density at radius 2 is 2.06 bits per heavy atom. The molecule has 0 bridgehead atoms. The summed E-state index contributed by atoms with van der Waals surface area (Å²) >= 11 is 1.48. The molecule has 1 aliphatic heterocycles. The molecule has 3 unspecified atom stereocenters. The number of amides is 1. The lowest BCUT2D eigenvalue weighted by Gasteiger charge is -2.38. The molecule has 0 spiro atoms. The smallest absolute Gasteiger partial charge is 0.410 e. The Hall–Kier alpha value is -2.31. The van der Waals surface area contributed by atoms with Crippen LogP contribution in [-0.2, 0) is 15.8 Å². The molecule has 13 heteroatoms. The van der Waals surface area contributed by atoms with Crippen molar-refractivity contribution in [2.75, 3.05) is 24.6 Å². The van der Waals surface area contributed by atoms with Crippen LogP contribution in [0.1, 0.15) is 32.8 Å². The maximum Gasteiger partial charge on any atom is 0.410 e. The van der Waals surface area contributed by atoms with Gasteiger partial charge in [0.25, 0.3) is 5.69 Å². The number of hydrogen-bond acceptors (Lipinski definition) is 8. The predicted molar refractivity (Wildman–Crippen MR) is 138 cm³/mol. The maximum absolute atomic E-state index is 13.0. The van der Waals surface area contributed by atoms with E-state index in [0.717, 1.165) is 0 Å². The first-order valence-corrected chi connectivity index (χ1v) is 15.5. The lowest BCUT2D eigenvalue weighted by molar-refractivity contribution is -0.384. The normalized spacial score (nSPS) is 19.2. The number of ether oxygens (including phenoxy) is 1. The Balaban J connectivity index is 2.03. The van der Waals surface area contributed by atoms with Crippen molar-refractivity contribution in [3.8, 4) is 0 Å². The highest BCUT2D eigenvalue weighted by Gasteiger charge is 2.44. The van der Waals surface area contributed by atoms with E-state index in [0.29, 0.717) is 30.0 Å². The van der Waals surface area contributed by atoms with Gasteiger partial charge in [0.2, 0.25) is 0 Å². The van der Waals surface area contributed by atoms with Gasteiger partial charge in [-0.2, -0.15) is 11.8 Å². The molecule has 0 saturated carbocycles. The summed E-state index contributed by atoms with van der Waals surface area (Å²) in [6.45, 7) is 11.3. The summed E-state index contributed by atoms with van der Waals surface area (Å²) in [6.07, 6.45) is -0.663. The second-order valence-electron chi connectivity index (χ2n) is 10.1. The highest BCUT2D eigenvalue weighted by atomic mass is 32.2. The number of likely N-dealkylation sites (tertiary alicyclic amines) is 1. The van der Waals surface area contributed by atoms with Gasteiger partial charge in [0, 0.05) is 41.1 Å². The maximum atomic E-state index is 13.0. The number of nitro benzene ring substituents is 1. The molecule has 1 heterocycles. The van der Waals surface area contributed by atoms with E-state index in [-0.39, 0.29) is 36.0 Å². The molecule has 2 rings (SSSR count). The Morgan fingerprint density at radius 1 is 1.40 bits per heavy atom. The Morgan fingerprint density at radius 3 is 2.63 bits per heavy atom. The van der Waals surface area contributed by atoms with Crippen molar-refractivity contribution in [3.05, 3.63) is 50.4 Å². The number of thioether (sulfide) groups is 1. The second-order valence-corrected chi connectivity index (χ2v) is 16.0. The average Bonchev–Trinajstić information content (AvgIpc) is 3.17. The van der Waals surface area contributed by atoms with Gasteiger partial charge >= 0.3 is 6.09 Å². The number of carbonyl (C=O) groups is 1. The summed E-state index contributed by atoms with van der Waals surface area (Å²) in [5.74, 6) is 0.965. The van der Waals surface area contributed by atoms with Crippen molar-refractivity contribution in [1.29, 1.82) is 0 Å². The minimum atomic E-state index is -2.04. The standard InChI is InChI=1S/C22H35N5O6SSi/c1-22(2,3)35(4,5)33-20-10-18(14-34-15-19(28)11-24-25-23)26(12-20)21(29)32-13-16-6-8-17(9-7-16)27(30)31/h6-9,18-20,28H,10-15H2,1-5H3. The van der Waals surface area contributed by atoms with Gasteiger partial charge in [0.1, 0.15) is 6.61 Å². The van der Waals surface area contributed by atoms with Crippen LogP contribution in [0.3, 0.4) is 0 Å². The molecule has 1 fully saturated rings. The molecular weight excluding hydrogens is 490 g/mol. The fourth-order valence-corrected chi connectivity index (χ4v) is 5.86. The van der Waals surface area contributed by atoms with Gasteiger partial charge < -0.3 is 19.2 Å². The number of azide groups is 1. The molecule has 0 aliphatic carbocycles. The predicted octanol–water partition coefficient (Wildman–Crippen LogP) is 5.10. The van der Waals surface area contributed by atoms with Gasteiger partial charge in [0.05, 0.1) is 23.7 Å². The van der Waals surface area contributed by atoms with Crippen molar-refractivity contribution in [3.63, 3.8) is 0 Å². The molecule has 35 heavy (non-hydrogen) atoms. The fourth-order valence-electron chi connectivity index (χ4n) is 3.40. The van der Waals surface area contributed by atoms with E-state index in [4.69, 9.17) is 14.7 Å². The molecule has 1 amide bonds. The molecule has 1 aromatic rings. The van der Waals surface area contributed by atoms with E-state index in [2.05, 4.69) is 43.9 Å². The highest BCUT2D eigenvalue weighted by Crippen LogP contribution is 2.39. The van der Waals surface area contributed by atoms with E-state index in [9.17, 15) is 20.0 Å². The monoisotopic (exact) mass is 525 g/mol. The highest BCUT2D eigenvalue weighted by molar-refractivity contribution is 7.99. The summed E-state index contributed by atoms with van der Waals surface area (Å²) in [5.41, 5.74) is 9.03. The van der Waals surface area contributed by atoms with E-state index < -0.39 is 25.4 Å². The Labute approximate surface area is 211 Å². The lowest BCUT2D eigenvalue weighted by Crippen LogP contribution is -2.44. The van der Waals surface area contributed by atoms with E-state index in [1.165, 1.54) is 23.9 Å². The van der Waals surface area contributed by atoms with Crippen LogP contribution in [0.15, 0.2) is 29.4 Å². The summed E-state index contributed by atoms with van der Waals surface area (Å²) in [5, 5.41) is 24.2. The number of carbonyl (C=O) groups excluding carboxylic acids is 1. The van der Waals surface area contributed by atoms with E-state index in [1.54, 1.807) is 17.0 Å². The largest absolute Gasteiger partial charge is 0.445 e. The van der Waals surface area contributed by atoms with Crippen LogP contribution in [0, 0.1) is 10.1 Å². The Bertz CT molecular complexity index is 920. The zero-order chi connectivity index (χ0) is 26.2. The van der Waals surface area contributed by atoms with Crippen LogP contribution in [0.4, 0.5) is 10.5 Å². The molecule has 1 aliphatic rings. The van der Waals surface area contributed by atoms with Gasteiger partial charge in [-0.15, -0.1) is 0 Å². The summed E-state index contributed by atoms with van der Waals surface area (Å²) in [4.78, 5) is 27.7. The second kappa shape index (κ2) is 12.6. The van der Waals surface area contributed by atoms with Gasteiger partial charge in [-0.05, 0) is 47.8 Å². The average molecular weight is 526 g/mol. The molecule has 1 N–H and O–H groups in total. The number of hydrogen-bond donors (Lipinski definition) is 1. The molecule has 194 valence electrons. The number of aliphatic hydroxyl groups is 1. The van der Waals surface area contributed by atoms with Crippen molar-refractivity contribution >= 4 is 31.9 Å². The first-order chi connectivity index (χ1) is 16.3. The third-order valence-corrected chi connectivity index (χ3v) is 12.1. The van der Waals surface area contributed by atoms with Crippen LogP contribution in [-0.4, -0.2) is 72.2 Å². The van der Waals surface area contributed by atoms with Crippen LogP contribution in [0.5, 0.6) is 0 Å². The molecule has 11 nitrogen and oxygen atoms in total. The van der Waals surface area contributed by atoms with Crippen molar-refractivity contribution in [2.24, 2.45) is 5.11 Å². The van der Waals surface area contributed by atoms with Gasteiger partial charge in [0.15, 0.2) is 8.32 Å². The first kappa shape index (κ1) is 28.9. The number of rotatable bonds is 11. The van der Waals surface area contributed by atoms with Gasteiger partial charge in [-0.25, -0.2) is 4.79 Å². The number of aliphatic hydroxyl groups excluding tert-OH is 1. The summed E-state index contributed by atoms with van der Waals surface area (Å²) in [6, 6.07) is 5.76. The van der Waals surface area contributed by atoms with E-state index in [1.807, 2.05) is 0 Å².